The minimum Gasteiger partial charge on any atom is -0.468 e. The van der Waals surface area contributed by atoms with Crippen LogP contribution in [0.3, 0.4) is 0 Å². The molecule has 8 heteroatoms. The minimum absolute atomic E-state index is 0.0190. The normalized spacial score (nSPS) is 11.2. The summed E-state index contributed by atoms with van der Waals surface area (Å²) in [7, 11) is -2.94. The van der Waals surface area contributed by atoms with Gasteiger partial charge in [0.15, 0.2) is 0 Å². The molecule has 0 amide bonds. The van der Waals surface area contributed by atoms with Gasteiger partial charge in [-0.15, -0.1) is 0 Å². The fraction of sp³-hybridized carbons (Fsp3) is 0.235. The zero-order valence-electron chi connectivity index (χ0n) is 13.9. The maximum atomic E-state index is 13.2. The van der Waals surface area contributed by atoms with E-state index in [-0.39, 0.29) is 14.9 Å². The molecule has 0 aliphatic heterocycles. The van der Waals surface area contributed by atoms with Crippen LogP contribution in [0.5, 0.6) is 0 Å². The van der Waals surface area contributed by atoms with Gasteiger partial charge in [-0.25, -0.2) is 8.42 Å². The van der Waals surface area contributed by atoms with Gasteiger partial charge < -0.3 is 4.74 Å². The Bertz CT molecular complexity index is 893. The third-order valence-corrected chi connectivity index (χ3v) is 6.11. The van der Waals surface area contributed by atoms with E-state index in [9.17, 15) is 13.2 Å². The van der Waals surface area contributed by atoms with Gasteiger partial charge in [0.1, 0.15) is 11.4 Å². The Balaban J connectivity index is 2.71. The molecule has 0 spiro atoms. The van der Waals surface area contributed by atoms with Crippen molar-refractivity contribution in [3.05, 3.63) is 57.6 Å². The summed E-state index contributed by atoms with van der Waals surface area (Å²) >= 11 is 12.0. The average Bonchev–Trinajstić information content (AvgIpc) is 2.55. The number of aryl methyl sites for hydroxylation is 2. The van der Waals surface area contributed by atoms with Crippen molar-refractivity contribution in [1.82, 2.24) is 0 Å². The van der Waals surface area contributed by atoms with Gasteiger partial charge in [-0.05, 0) is 43.2 Å². The highest BCUT2D eigenvalue weighted by Gasteiger charge is 2.31. The summed E-state index contributed by atoms with van der Waals surface area (Å²) in [6.07, 6.45) is 0. The molecule has 25 heavy (non-hydrogen) atoms. The fourth-order valence-corrected chi connectivity index (χ4v) is 4.74. The van der Waals surface area contributed by atoms with Crippen LogP contribution in [0.1, 0.15) is 11.1 Å². The highest BCUT2D eigenvalue weighted by atomic mass is 35.5. The summed E-state index contributed by atoms with van der Waals surface area (Å²) in [5.74, 6) is -0.690. The number of benzene rings is 2. The molecule has 0 N–H and O–H groups in total. The number of methoxy groups -OCH3 is 1. The van der Waals surface area contributed by atoms with E-state index in [1.165, 1.54) is 25.3 Å². The van der Waals surface area contributed by atoms with Crippen LogP contribution in [0, 0.1) is 13.8 Å². The van der Waals surface area contributed by atoms with Crippen molar-refractivity contribution in [1.29, 1.82) is 0 Å². The molecule has 2 aromatic rings. The number of halogens is 2. The van der Waals surface area contributed by atoms with Gasteiger partial charge in [0, 0.05) is 5.02 Å². The van der Waals surface area contributed by atoms with Crippen molar-refractivity contribution in [2.45, 2.75) is 18.7 Å². The van der Waals surface area contributed by atoms with E-state index in [0.29, 0.717) is 16.8 Å². The second-order valence-electron chi connectivity index (χ2n) is 5.40. The maximum Gasteiger partial charge on any atom is 0.326 e. The van der Waals surface area contributed by atoms with E-state index in [0.717, 1.165) is 4.31 Å². The number of carbonyl (C=O) groups is 1. The molecule has 0 aliphatic carbocycles. The molecule has 0 heterocycles. The monoisotopic (exact) mass is 401 g/mol. The lowest BCUT2D eigenvalue weighted by atomic mass is 10.1. The van der Waals surface area contributed by atoms with E-state index in [1.807, 2.05) is 6.07 Å². The Morgan fingerprint density at radius 2 is 1.72 bits per heavy atom. The summed E-state index contributed by atoms with van der Waals surface area (Å²) < 4.78 is 32.1. The number of hydrogen-bond donors (Lipinski definition) is 0. The van der Waals surface area contributed by atoms with E-state index >= 15 is 0 Å². The number of sulfonamides is 1. The molecular formula is C17H17Cl2NO4S. The molecule has 5 nitrogen and oxygen atoms in total. The number of carbonyl (C=O) groups excluding carboxylic acids is 1. The standard InChI is InChI=1S/C17H17Cl2NO4S/c1-11-5-4-6-12(2)17(11)20(10-16(21)24-3)25(22,23)15-9-13(18)7-8-14(15)19/h4-9H,10H2,1-3H3. The number of esters is 1. The van der Waals surface area contributed by atoms with E-state index < -0.39 is 22.5 Å². The molecule has 0 radical (unpaired) electrons. The molecule has 2 aromatic carbocycles. The molecular weight excluding hydrogens is 385 g/mol. The molecule has 0 saturated carbocycles. The van der Waals surface area contributed by atoms with E-state index in [1.54, 1.807) is 26.0 Å². The van der Waals surface area contributed by atoms with Crippen molar-refractivity contribution in [2.75, 3.05) is 18.0 Å². The highest BCUT2D eigenvalue weighted by molar-refractivity contribution is 7.93. The van der Waals surface area contributed by atoms with Gasteiger partial charge in [-0.2, -0.15) is 0 Å². The lowest BCUT2D eigenvalue weighted by Gasteiger charge is -2.27. The number of para-hydroxylation sites is 1. The molecule has 0 bridgehead atoms. The van der Waals surface area contributed by atoms with Gasteiger partial charge >= 0.3 is 5.97 Å². The van der Waals surface area contributed by atoms with Crippen LogP contribution in [0.4, 0.5) is 5.69 Å². The summed E-state index contributed by atoms with van der Waals surface area (Å²) in [6.45, 7) is 3.05. The third-order valence-electron chi connectivity index (χ3n) is 3.65. The van der Waals surface area contributed by atoms with Crippen molar-refractivity contribution >= 4 is 44.9 Å². The van der Waals surface area contributed by atoms with Crippen LogP contribution in [0.25, 0.3) is 0 Å². The van der Waals surface area contributed by atoms with Crippen LogP contribution in [-0.2, 0) is 19.6 Å². The van der Waals surface area contributed by atoms with Gasteiger partial charge in [0.05, 0.1) is 17.8 Å². The Kier molecular flexibility index (Phi) is 5.98. The summed E-state index contributed by atoms with van der Waals surface area (Å²) in [4.78, 5) is 11.7. The Hall–Kier alpha value is -1.76. The molecule has 0 atom stereocenters. The Labute approximate surface area is 157 Å². The van der Waals surface area contributed by atoms with Crippen molar-refractivity contribution < 1.29 is 17.9 Å². The molecule has 0 aromatic heterocycles. The molecule has 134 valence electrons. The van der Waals surface area contributed by atoms with E-state index in [2.05, 4.69) is 4.74 Å². The molecule has 0 unspecified atom stereocenters. The van der Waals surface area contributed by atoms with Crippen LogP contribution >= 0.6 is 23.2 Å². The highest BCUT2D eigenvalue weighted by Crippen LogP contribution is 2.33. The predicted octanol–water partition coefficient (Wildman–Crippen LogP) is 3.98. The molecule has 0 saturated heterocycles. The lowest BCUT2D eigenvalue weighted by molar-refractivity contribution is -0.138. The number of ether oxygens (including phenoxy) is 1. The smallest absolute Gasteiger partial charge is 0.326 e. The number of anilines is 1. The quantitative estimate of drug-likeness (QED) is 0.710. The number of hydrogen-bond acceptors (Lipinski definition) is 4. The number of rotatable bonds is 5. The van der Waals surface area contributed by atoms with Gasteiger partial charge in [0.25, 0.3) is 10.0 Å². The van der Waals surface area contributed by atoms with Crippen LogP contribution in [-0.4, -0.2) is 28.0 Å². The second kappa shape index (κ2) is 7.64. The number of nitrogens with zero attached hydrogens (tertiary/aromatic N) is 1. The van der Waals surface area contributed by atoms with Gasteiger partial charge in [0.2, 0.25) is 0 Å². The fourth-order valence-electron chi connectivity index (χ4n) is 2.46. The topological polar surface area (TPSA) is 63.7 Å². The molecule has 2 rings (SSSR count). The van der Waals surface area contributed by atoms with Crippen molar-refractivity contribution in [2.24, 2.45) is 0 Å². The van der Waals surface area contributed by atoms with E-state index in [4.69, 9.17) is 23.2 Å². The summed E-state index contributed by atoms with van der Waals surface area (Å²) in [5.41, 5.74) is 1.81. The maximum absolute atomic E-state index is 13.2. The van der Waals surface area contributed by atoms with Crippen LogP contribution < -0.4 is 4.31 Å². The SMILES string of the molecule is COC(=O)CN(c1c(C)cccc1C)S(=O)(=O)c1cc(Cl)ccc1Cl. The first kappa shape index (κ1) is 19.6. The summed E-state index contributed by atoms with van der Waals surface area (Å²) in [6, 6.07) is 9.49. The van der Waals surface area contributed by atoms with Gasteiger partial charge in [-0.1, -0.05) is 41.4 Å². The zero-order chi connectivity index (χ0) is 18.8. The first-order valence-corrected chi connectivity index (χ1v) is 9.49. The second-order valence-corrected chi connectivity index (χ2v) is 8.08. The van der Waals surface area contributed by atoms with Crippen molar-refractivity contribution in [3.8, 4) is 0 Å². The Morgan fingerprint density at radius 1 is 1.12 bits per heavy atom. The average molecular weight is 402 g/mol. The lowest BCUT2D eigenvalue weighted by Crippen LogP contribution is -2.37. The van der Waals surface area contributed by atoms with Crippen molar-refractivity contribution in [3.63, 3.8) is 0 Å². The zero-order valence-corrected chi connectivity index (χ0v) is 16.2. The minimum atomic E-state index is -4.14. The Morgan fingerprint density at radius 3 is 2.28 bits per heavy atom. The van der Waals surface area contributed by atoms with Crippen LogP contribution in [0.15, 0.2) is 41.3 Å². The summed E-state index contributed by atoms with van der Waals surface area (Å²) in [5, 5.41) is 0.244. The van der Waals surface area contributed by atoms with Crippen LogP contribution in [0.2, 0.25) is 10.0 Å². The first-order chi connectivity index (χ1) is 11.7. The third kappa shape index (κ3) is 4.08. The van der Waals surface area contributed by atoms with Gasteiger partial charge in [-0.3, -0.25) is 9.10 Å². The largest absolute Gasteiger partial charge is 0.468 e. The molecule has 0 aliphatic rings. The molecule has 0 fully saturated rings. The first-order valence-electron chi connectivity index (χ1n) is 7.29. The predicted molar refractivity (Wildman–Crippen MR) is 98.9 cm³/mol.